The molecule has 0 radical (unpaired) electrons. The van der Waals surface area contributed by atoms with Crippen molar-refractivity contribution in [2.45, 2.75) is 27.2 Å². The third-order valence-electron chi connectivity index (χ3n) is 1.73. The zero-order chi connectivity index (χ0) is 13.5. The van der Waals surface area contributed by atoms with E-state index in [-0.39, 0.29) is 10.3 Å². The van der Waals surface area contributed by atoms with E-state index in [0.29, 0.717) is 18.7 Å². The van der Waals surface area contributed by atoms with E-state index >= 15 is 0 Å². The Morgan fingerprint density at radius 2 is 2.12 bits per heavy atom. The Morgan fingerprint density at radius 1 is 1.53 bits per heavy atom. The average molecular weight is 281 g/mol. The Hall–Kier alpha value is -0.750. The minimum Gasteiger partial charge on any atom is -0.356 e. The Bertz CT molecular complexity index is 313. The Kier molecular flexibility index (Phi) is 7.22. The van der Waals surface area contributed by atoms with Gasteiger partial charge in [0, 0.05) is 17.7 Å². The lowest BCUT2D eigenvalue weighted by Gasteiger charge is -2.17. The van der Waals surface area contributed by atoms with Crippen LogP contribution in [-0.4, -0.2) is 23.1 Å². The van der Waals surface area contributed by atoms with E-state index in [4.69, 9.17) is 11.6 Å². The second-order valence-electron chi connectivity index (χ2n) is 4.43. The molecule has 1 amide bonds. The number of hydrogen-bond acceptors (Lipinski definition) is 4. The highest BCUT2D eigenvalue weighted by molar-refractivity contribution is 8.04. The number of nitrogens with zero attached hydrogens (tertiary/aromatic N) is 1. The maximum atomic E-state index is 11.5. The maximum Gasteiger partial charge on any atom is 0.259 e. The van der Waals surface area contributed by atoms with E-state index in [1.807, 2.05) is 20.8 Å². The molecule has 1 N–H and O–H groups in total. The summed E-state index contributed by atoms with van der Waals surface area (Å²) in [6.45, 7) is 6.07. The number of nitrogens with one attached hydrogen (secondary N) is 1. The van der Waals surface area contributed by atoms with Crippen molar-refractivity contribution in [2.24, 2.45) is 5.41 Å². The minimum atomic E-state index is -0.587. The lowest BCUT2D eigenvalue weighted by molar-refractivity contribution is -0.402. The lowest BCUT2D eigenvalue weighted by atomic mass is 9.96. The molecule has 7 heteroatoms. The van der Waals surface area contributed by atoms with Crippen molar-refractivity contribution in [3.05, 3.63) is 20.7 Å². The summed E-state index contributed by atoms with van der Waals surface area (Å²) in [5, 5.41) is 12.9. The molecule has 98 valence electrons. The van der Waals surface area contributed by atoms with E-state index < -0.39 is 10.3 Å². The molecule has 0 bridgehead atoms. The minimum absolute atomic E-state index is 0.00516. The fourth-order valence-electron chi connectivity index (χ4n) is 0.829. The molecule has 0 rings (SSSR count). The molecule has 0 fully saturated rings. The zero-order valence-electron chi connectivity index (χ0n) is 10.2. The third-order valence-corrected chi connectivity index (χ3v) is 3.03. The standard InChI is InChI=1S/C10H17ClN2O3S/c1-10(2,3)9(14)12-5-4-6-17-8(11)7-13(15)16/h7H,4-6H2,1-3H3,(H,12,14). The Morgan fingerprint density at radius 3 is 2.59 bits per heavy atom. The molecule has 0 spiro atoms. The molecule has 0 aromatic rings. The summed E-state index contributed by atoms with van der Waals surface area (Å²) < 4.78 is 0.150. The van der Waals surface area contributed by atoms with Crippen molar-refractivity contribution in [3.8, 4) is 0 Å². The van der Waals surface area contributed by atoms with Crippen molar-refractivity contribution in [1.29, 1.82) is 0 Å². The van der Waals surface area contributed by atoms with Crippen molar-refractivity contribution < 1.29 is 9.72 Å². The molecular formula is C10H17ClN2O3S. The van der Waals surface area contributed by atoms with Crippen molar-refractivity contribution >= 4 is 29.3 Å². The molecule has 0 aliphatic heterocycles. The molecule has 0 saturated heterocycles. The highest BCUT2D eigenvalue weighted by Gasteiger charge is 2.20. The van der Waals surface area contributed by atoms with Crippen LogP contribution in [0.2, 0.25) is 0 Å². The molecule has 17 heavy (non-hydrogen) atoms. The number of carbonyl (C=O) groups excluding carboxylic acids is 1. The molecule has 0 heterocycles. The third kappa shape index (κ3) is 9.00. The van der Waals surface area contributed by atoms with Gasteiger partial charge in [-0.2, -0.15) is 0 Å². The van der Waals surface area contributed by atoms with Gasteiger partial charge in [-0.25, -0.2) is 0 Å². The van der Waals surface area contributed by atoms with Crippen molar-refractivity contribution in [3.63, 3.8) is 0 Å². The van der Waals surface area contributed by atoms with Gasteiger partial charge in [0.1, 0.15) is 4.36 Å². The van der Waals surface area contributed by atoms with Crippen LogP contribution in [0.3, 0.4) is 0 Å². The number of hydrogen-bond donors (Lipinski definition) is 1. The van der Waals surface area contributed by atoms with Gasteiger partial charge in [-0.3, -0.25) is 14.9 Å². The molecule has 0 aromatic carbocycles. The molecule has 0 atom stereocenters. The fourth-order valence-corrected chi connectivity index (χ4v) is 1.78. The summed E-state index contributed by atoms with van der Waals surface area (Å²) in [5.41, 5.74) is -0.393. The van der Waals surface area contributed by atoms with E-state index in [1.165, 1.54) is 11.8 Å². The molecular weight excluding hydrogens is 264 g/mol. The quantitative estimate of drug-likeness (QED) is 0.461. The highest BCUT2D eigenvalue weighted by Crippen LogP contribution is 2.20. The highest BCUT2D eigenvalue weighted by atomic mass is 35.5. The Labute approximate surface area is 110 Å². The first-order valence-electron chi connectivity index (χ1n) is 5.15. The van der Waals surface area contributed by atoms with Crippen LogP contribution in [0.25, 0.3) is 0 Å². The van der Waals surface area contributed by atoms with Gasteiger partial charge in [0.25, 0.3) is 6.20 Å². The van der Waals surface area contributed by atoms with Gasteiger partial charge in [-0.05, 0) is 6.42 Å². The molecule has 0 aliphatic carbocycles. The van der Waals surface area contributed by atoms with Crippen LogP contribution in [0, 0.1) is 15.5 Å². The van der Waals surface area contributed by atoms with Gasteiger partial charge in [-0.1, -0.05) is 32.4 Å². The van der Waals surface area contributed by atoms with Gasteiger partial charge >= 0.3 is 0 Å². The number of rotatable bonds is 6. The van der Waals surface area contributed by atoms with E-state index in [1.54, 1.807) is 0 Å². The average Bonchev–Trinajstić information content (AvgIpc) is 2.14. The van der Waals surface area contributed by atoms with Crippen LogP contribution in [-0.2, 0) is 4.79 Å². The molecule has 5 nitrogen and oxygen atoms in total. The summed E-state index contributed by atoms with van der Waals surface area (Å²) >= 11 is 6.78. The molecule has 0 aliphatic rings. The number of halogens is 1. The van der Waals surface area contributed by atoms with Gasteiger partial charge in [0.2, 0.25) is 5.91 Å². The van der Waals surface area contributed by atoms with Crippen molar-refractivity contribution in [2.75, 3.05) is 12.3 Å². The summed E-state index contributed by atoms with van der Waals surface area (Å²) in [6.07, 6.45) is 1.48. The number of nitro groups is 1. The van der Waals surface area contributed by atoms with Gasteiger partial charge in [0.15, 0.2) is 0 Å². The van der Waals surface area contributed by atoms with Crippen LogP contribution < -0.4 is 5.32 Å². The second kappa shape index (κ2) is 7.55. The normalized spacial score (nSPS) is 12.4. The summed E-state index contributed by atoms with van der Waals surface area (Å²) in [4.78, 5) is 20.9. The molecule has 0 saturated carbocycles. The fraction of sp³-hybridized carbons (Fsp3) is 0.700. The predicted molar refractivity (Wildman–Crippen MR) is 70.5 cm³/mol. The van der Waals surface area contributed by atoms with Gasteiger partial charge in [-0.15, -0.1) is 11.8 Å². The Balaban J connectivity index is 3.67. The summed E-state index contributed by atoms with van der Waals surface area (Å²) in [5.74, 6) is 0.627. The summed E-state index contributed by atoms with van der Waals surface area (Å²) in [7, 11) is 0. The maximum absolute atomic E-state index is 11.5. The first-order valence-corrected chi connectivity index (χ1v) is 6.52. The van der Waals surface area contributed by atoms with Crippen molar-refractivity contribution in [1.82, 2.24) is 5.32 Å². The van der Waals surface area contributed by atoms with Crippen LogP contribution in [0.5, 0.6) is 0 Å². The number of carbonyl (C=O) groups is 1. The van der Waals surface area contributed by atoms with Crippen LogP contribution in [0.15, 0.2) is 10.6 Å². The predicted octanol–water partition coefficient (Wildman–Crippen LogP) is 2.59. The zero-order valence-corrected chi connectivity index (χ0v) is 11.7. The monoisotopic (exact) mass is 280 g/mol. The summed E-state index contributed by atoms with van der Waals surface area (Å²) in [6, 6.07) is 0. The molecule has 0 aromatic heterocycles. The first kappa shape index (κ1) is 16.2. The van der Waals surface area contributed by atoms with Gasteiger partial charge in [0.05, 0.1) is 4.92 Å². The van der Waals surface area contributed by atoms with E-state index in [9.17, 15) is 14.9 Å². The largest absolute Gasteiger partial charge is 0.356 e. The smallest absolute Gasteiger partial charge is 0.259 e. The van der Waals surface area contributed by atoms with Crippen LogP contribution in [0.4, 0.5) is 0 Å². The van der Waals surface area contributed by atoms with E-state index in [0.717, 1.165) is 6.20 Å². The van der Waals surface area contributed by atoms with E-state index in [2.05, 4.69) is 5.32 Å². The van der Waals surface area contributed by atoms with Crippen LogP contribution >= 0.6 is 23.4 Å². The second-order valence-corrected chi connectivity index (χ2v) is 6.19. The van der Waals surface area contributed by atoms with Gasteiger partial charge < -0.3 is 5.32 Å². The topological polar surface area (TPSA) is 72.2 Å². The molecule has 0 unspecified atom stereocenters. The number of amides is 1. The number of thioether (sulfide) groups is 1. The first-order chi connectivity index (χ1) is 7.73. The SMILES string of the molecule is CC(C)(C)C(=O)NCCCSC(Cl)=C[N+](=O)[O-]. The van der Waals surface area contributed by atoms with Crippen LogP contribution in [0.1, 0.15) is 27.2 Å². The lowest BCUT2D eigenvalue weighted by Crippen LogP contribution is -2.35.